The van der Waals surface area contributed by atoms with E-state index in [0.717, 1.165) is 15.0 Å². The van der Waals surface area contributed by atoms with Gasteiger partial charge in [-0.3, -0.25) is 0 Å². The third-order valence-electron chi connectivity index (χ3n) is 3.44. The van der Waals surface area contributed by atoms with Crippen molar-refractivity contribution in [2.45, 2.75) is 20.1 Å². The number of benzene rings is 1. The minimum atomic E-state index is 0.282. The minimum Gasteiger partial charge on any atom is -0.487 e. The summed E-state index contributed by atoms with van der Waals surface area (Å²) >= 11 is 2.17. The molecule has 0 aliphatic rings. The number of rotatable bonds is 5. The lowest BCUT2D eigenvalue weighted by molar-refractivity contribution is 0.300. The number of halogens is 1. The molecule has 0 saturated heterocycles. The summed E-state index contributed by atoms with van der Waals surface area (Å²) in [6.45, 7) is 2.51. The Morgan fingerprint density at radius 1 is 1.32 bits per heavy atom. The molecule has 2 heterocycles. The monoisotopic (exact) mass is 447 g/mol. The molecule has 0 saturated carbocycles. The SMILES string of the molecule is Cc1ncc(Cn2nnc(COc3ccc(C#N)cc3)c2I)c(N)n1. The van der Waals surface area contributed by atoms with E-state index < -0.39 is 0 Å². The number of nitrogen functional groups attached to an aromatic ring is 1. The summed E-state index contributed by atoms with van der Waals surface area (Å²) in [5, 5.41) is 17.1. The molecule has 3 aromatic rings. The smallest absolute Gasteiger partial charge is 0.135 e. The Morgan fingerprint density at radius 2 is 2.08 bits per heavy atom. The molecule has 2 aromatic heterocycles. The quantitative estimate of drug-likeness (QED) is 0.596. The van der Waals surface area contributed by atoms with Crippen LogP contribution in [0, 0.1) is 22.0 Å². The largest absolute Gasteiger partial charge is 0.487 e. The number of ether oxygens (including phenoxy) is 1. The molecule has 25 heavy (non-hydrogen) atoms. The van der Waals surface area contributed by atoms with Gasteiger partial charge in [0.2, 0.25) is 0 Å². The van der Waals surface area contributed by atoms with E-state index in [1.807, 2.05) is 0 Å². The van der Waals surface area contributed by atoms with Crippen LogP contribution in [0.4, 0.5) is 5.82 Å². The number of hydrogen-bond donors (Lipinski definition) is 1. The first kappa shape index (κ1) is 17.1. The van der Waals surface area contributed by atoms with Crippen LogP contribution in [0.15, 0.2) is 30.5 Å². The molecule has 0 atom stereocenters. The summed E-state index contributed by atoms with van der Waals surface area (Å²) < 4.78 is 8.27. The van der Waals surface area contributed by atoms with Crippen molar-refractivity contribution in [2.24, 2.45) is 0 Å². The number of aromatic nitrogens is 5. The summed E-state index contributed by atoms with van der Waals surface area (Å²) in [5.41, 5.74) is 8.01. The average Bonchev–Trinajstić information content (AvgIpc) is 2.96. The van der Waals surface area contributed by atoms with Crippen LogP contribution in [0.2, 0.25) is 0 Å². The fraction of sp³-hybridized carbons (Fsp3) is 0.188. The Labute approximate surface area is 157 Å². The summed E-state index contributed by atoms with van der Waals surface area (Å²) in [6, 6.07) is 8.98. The maximum absolute atomic E-state index is 8.80. The normalized spacial score (nSPS) is 10.4. The summed E-state index contributed by atoms with van der Waals surface area (Å²) in [6.07, 6.45) is 1.70. The van der Waals surface area contributed by atoms with E-state index in [1.165, 1.54) is 0 Å². The van der Waals surface area contributed by atoms with E-state index in [1.54, 1.807) is 42.1 Å². The van der Waals surface area contributed by atoms with Crippen LogP contribution in [0.5, 0.6) is 5.75 Å². The van der Waals surface area contributed by atoms with E-state index in [4.69, 9.17) is 15.7 Å². The van der Waals surface area contributed by atoms with E-state index in [-0.39, 0.29) is 6.61 Å². The van der Waals surface area contributed by atoms with Gasteiger partial charge in [0.05, 0.1) is 18.2 Å². The first-order valence-electron chi connectivity index (χ1n) is 7.35. The van der Waals surface area contributed by atoms with Crippen LogP contribution < -0.4 is 10.5 Å². The first-order valence-corrected chi connectivity index (χ1v) is 8.43. The Morgan fingerprint density at radius 3 is 2.76 bits per heavy atom. The zero-order valence-corrected chi connectivity index (χ0v) is 15.5. The highest BCUT2D eigenvalue weighted by atomic mass is 127. The van der Waals surface area contributed by atoms with Crippen LogP contribution >= 0.6 is 22.6 Å². The highest BCUT2D eigenvalue weighted by Crippen LogP contribution is 2.17. The van der Waals surface area contributed by atoms with Gasteiger partial charge >= 0.3 is 0 Å². The van der Waals surface area contributed by atoms with Gasteiger partial charge in [-0.1, -0.05) is 5.21 Å². The van der Waals surface area contributed by atoms with Gasteiger partial charge in [0.25, 0.3) is 0 Å². The molecular weight excluding hydrogens is 433 g/mol. The lowest BCUT2D eigenvalue weighted by Crippen LogP contribution is -2.09. The van der Waals surface area contributed by atoms with Crippen molar-refractivity contribution in [1.29, 1.82) is 5.26 Å². The Bertz CT molecular complexity index is 931. The molecule has 2 N–H and O–H groups in total. The molecule has 0 spiro atoms. The molecule has 1 aromatic carbocycles. The van der Waals surface area contributed by atoms with Crippen LogP contribution in [-0.4, -0.2) is 25.0 Å². The number of aryl methyl sites for hydroxylation is 1. The van der Waals surface area contributed by atoms with E-state index in [2.05, 4.69) is 48.9 Å². The second-order valence-corrected chi connectivity index (χ2v) is 6.26. The molecule has 0 aliphatic carbocycles. The Hall–Kier alpha value is -2.74. The summed E-state index contributed by atoms with van der Waals surface area (Å²) in [5.74, 6) is 1.74. The van der Waals surface area contributed by atoms with Gasteiger partial charge < -0.3 is 10.5 Å². The van der Waals surface area contributed by atoms with Crippen molar-refractivity contribution in [1.82, 2.24) is 25.0 Å². The van der Waals surface area contributed by atoms with Crippen molar-refractivity contribution in [3.63, 3.8) is 0 Å². The topological polar surface area (TPSA) is 116 Å². The lowest BCUT2D eigenvalue weighted by atomic mass is 10.2. The maximum Gasteiger partial charge on any atom is 0.135 e. The van der Waals surface area contributed by atoms with Crippen LogP contribution in [0.1, 0.15) is 22.6 Å². The lowest BCUT2D eigenvalue weighted by Gasteiger charge is -2.07. The van der Waals surface area contributed by atoms with Crippen molar-refractivity contribution < 1.29 is 4.74 Å². The van der Waals surface area contributed by atoms with Crippen molar-refractivity contribution in [2.75, 3.05) is 5.73 Å². The number of hydrogen-bond acceptors (Lipinski definition) is 7. The minimum absolute atomic E-state index is 0.282. The van der Waals surface area contributed by atoms with Gasteiger partial charge in [-0.05, 0) is 53.8 Å². The number of nitrogens with two attached hydrogens (primary N) is 1. The highest BCUT2D eigenvalue weighted by molar-refractivity contribution is 14.1. The molecule has 0 fully saturated rings. The van der Waals surface area contributed by atoms with Gasteiger partial charge in [0.15, 0.2) is 0 Å². The zero-order chi connectivity index (χ0) is 17.8. The molecule has 0 aliphatic heterocycles. The highest BCUT2D eigenvalue weighted by Gasteiger charge is 2.13. The van der Waals surface area contributed by atoms with Crippen molar-refractivity contribution >= 4 is 28.4 Å². The van der Waals surface area contributed by atoms with E-state index in [9.17, 15) is 0 Å². The number of anilines is 1. The molecular formula is C16H14IN7O. The van der Waals surface area contributed by atoms with Gasteiger partial charge in [0.1, 0.15) is 33.4 Å². The van der Waals surface area contributed by atoms with Gasteiger partial charge in [-0.2, -0.15) is 5.26 Å². The molecule has 0 radical (unpaired) electrons. The van der Waals surface area contributed by atoms with E-state index >= 15 is 0 Å². The van der Waals surface area contributed by atoms with Crippen LogP contribution in [0.25, 0.3) is 0 Å². The summed E-state index contributed by atoms with van der Waals surface area (Å²) in [7, 11) is 0. The third kappa shape index (κ3) is 4.03. The molecule has 8 nitrogen and oxygen atoms in total. The van der Waals surface area contributed by atoms with Crippen molar-refractivity contribution in [3.8, 4) is 11.8 Å². The predicted octanol–water partition coefficient (Wildman–Crippen LogP) is 2.06. The van der Waals surface area contributed by atoms with Crippen LogP contribution in [0.3, 0.4) is 0 Å². The molecule has 3 rings (SSSR count). The first-order chi connectivity index (χ1) is 12.1. The Kier molecular flexibility index (Phi) is 5.08. The second kappa shape index (κ2) is 7.43. The van der Waals surface area contributed by atoms with E-state index in [0.29, 0.717) is 29.5 Å². The zero-order valence-electron chi connectivity index (χ0n) is 13.3. The third-order valence-corrected chi connectivity index (χ3v) is 4.62. The summed E-state index contributed by atoms with van der Waals surface area (Å²) in [4.78, 5) is 8.31. The standard InChI is InChI=1S/C16H14IN7O/c1-10-20-7-12(16(19)21-10)8-24-15(17)14(22-23-24)9-25-13-4-2-11(6-18)3-5-13/h2-5,7H,8-9H2,1H3,(H2,19,20,21). The molecule has 0 bridgehead atoms. The Balaban J connectivity index is 1.69. The van der Waals surface area contributed by atoms with Gasteiger partial charge in [-0.25, -0.2) is 14.6 Å². The molecule has 9 heteroatoms. The molecule has 0 amide bonds. The van der Waals surface area contributed by atoms with Crippen molar-refractivity contribution in [3.05, 3.63) is 56.8 Å². The maximum atomic E-state index is 8.80. The fourth-order valence-corrected chi connectivity index (χ4v) is 2.63. The van der Waals surface area contributed by atoms with Gasteiger partial charge in [0, 0.05) is 11.8 Å². The van der Waals surface area contributed by atoms with Crippen LogP contribution in [-0.2, 0) is 13.2 Å². The molecule has 126 valence electrons. The predicted molar refractivity (Wildman–Crippen MR) is 98.5 cm³/mol. The molecule has 0 unspecified atom stereocenters. The number of nitriles is 1. The average molecular weight is 447 g/mol. The number of nitrogens with zero attached hydrogens (tertiary/aromatic N) is 6. The van der Waals surface area contributed by atoms with Gasteiger partial charge in [-0.15, -0.1) is 5.10 Å². The second-order valence-electron chi connectivity index (χ2n) is 5.24. The fourth-order valence-electron chi connectivity index (χ4n) is 2.10.